The molecule has 0 aromatic heterocycles. The molecule has 5 heteroatoms. The first-order chi connectivity index (χ1) is 14.1. The van der Waals surface area contributed by atoms with Gasteiger partial charge in [-0.1, -0.05) is 30.4 Å². The van der Waals surface area contributed by atoms with Crippen molar-refractivity contribution in [2.45, 2.75) is 20.8 Å². The molecule has 0 heterocycles. The molecule has 0 aliphatic heterocycles. The highest BCUT2D eigenvalue weighted by atomic mass is 16.5. The van der Waals surface area contributed by atoms with Crippen LogP contribution in [0.3, 0.4) is 0 Å². The number of rotatable bonds is 9. The van der Waals surface area contributed by atoms with Gasteiger partial charge in [0.25, 0.3) is 0 Å². The van der Waals surface area contributed by atoms with E-state index in [-0.39, 0.29) is 11.4 Å². The van der Waals surface area contributed by atoms with Gasteiger partial charge < -0.3 is 14.2 Å². The van der Waals surface area contributed by atoms with Crippen LogP contribution in [0.1, 0.15) is 31.9 Å². The molecule has 2 rings (SSSR count). The Hall–Kier alpha value is -3.70. The van der Waals surface area contributed by atoms with Crippen molar-refractivity contribution < 1.29 is 14.2 Å². The van der Waals surface area contributed by atoms with Gasteiger partial charge in [0, 0.05) is 0 Å². The summed E-state index contributed by atoms with van der Waals surface area (Å²) < 4.78 is 16.6. The van der Waals surface area contributed by atoms with Gasteiger partial charge in [-0.3, -0.25) is 9.69 Å². The van der Waals surface area contributed by atoms with Crippen LogP contribution in [0.5, 0.6) is 17.2 Å². The van der Waals surface area contributed by atoms with E-state index in [0.29, 0.717) is 31.3 Å². The largest absolute Gasteiger partial charge is 0.494 e. The van der Waals surface area contributed by atoms with E-state index >= 15 is 0 Å². The van der Waals surface area contributed by atoms with Crippen LogP contribution in [-0.2, 0) is 0 Å². The molecule has 148 valence electrons. The summed E-state index contributed by atoms with van der Waals surface area (Å²) in [6.45, 7) is 22.4. The summed E-state index contributed by atoms with van der Waals surface area (Å²) in [6.07, 6.45) is 3.38. The van der Waals surface area contributed by atoms with Gasteiger partial charge >= 0.3 is 0 Å². The third-order valence-electron chi connectivity index (χ3n) is 3.87. The standard InChI is InChI=1S/C24H24N2O3/c1-6-27-20-12-9-18(10-13-20)15-21(25-4)22(26-5)16-19-11-14-23(28-7-2)24(17-19)29-8-3/h9-17H,6-8H2,1-3H3/b21-15-,22-16-. The smallest absolute Gasteiger partial charge is 0.195 e. The molecule has 0 radical (unpaired) electrons. The van der Waals surface area contributed by atoms with Crippen molar-refractivity contribution in [2.24, 2.45) is 0 Å². The first-order valence-electron chi connectivity index (χ1n) is 9.46. The molecule has 0 saturated carbocycles. The van der Waals surface area contributed by atoms with Crippen molar-refractivity contribution in [3.05, 3.63) is 87.8 Å². The Kier molecular flexibility index (Phi) is 8.35. The predicted octanol–water partition coefficient (Wildman–Crippen LogP) is 6.10. The topological polar surface area (TPSA) is 36.4 Å². The Balaban J connectivity index is 2.37. The van der Waals surface area contributed by atoms with Gasteiger partial charge in [-0.15, -0.1) is 0 Å². The Morgan fingerprint density at radius 2 is 1.24 bits per heavy atom. The Morgan fingerprint density at radius 1 is 0.724 bits per heavy atom. The number of ether oxygens (including phenoxy) is 3. The molecular formula is C24H24N2O3. The van der Waals surface area contributed by atoms with Gasteiger partial charge in [-0.2, -0.15) is 0 Å². The summed E-state index contributed by atoms with van der Waals surface area (Å²) in [7, 11) is 0. The maximum Gasteiger partial charge on any atom is 0.195 e. The highest BCUT2D eigenvalue weighted by Crippen LogP contribution is 2.30. The molecule has 0 aliphatic rings. The highest BCUT2D eigenvalue weighted by Gasteiger charge is 2.09. The quantitative estimate of drug-likeness (QED) is 0.384. The zero-order valence-corrected chi connectivity index (χ0v) is 16.9. The minimum absolute atomic E-state index is 0.264. The van der Waals surface area contributed by atoms with Gasteiger partial charge in [-0.05, 0) is 56.2 Å². The molecule has 2 aromatic rings. The maximum atomic E-state index is 7.54. The van der Waals surface area contributed by atoms with Crippen molar-refractivity contribution >= 4 is 12.2 Å². The van der Waals surface area contributed by atoms with Crippen molar-refractivity contribution in [2.75, 3.05) is 19.8 Å². The van der Waals surface area contributed by atoms with Crippen LogP contribution in [-0.4, -0.2) is 19.8 Å². The van der Waals surface area contributed by atoms with Crippen LogP contribution < -0.4 is 14.2 Å². The van der Waals surface area contributed by atoms with Crippen LogP contribution in [0.4, 0.5) is 0 Å². The van der Waals surface area contributed by atoms with E-state index in [0.717, 1.165) is 16.9 Å². The zero-order valence-electron chi connectivity index (χ0n) is 16.9. The fourth-order valence-electron chi connectivity index (χ4n) is 2.63. The van der Waals surface area contributed by atoms with Crippen LogP contribution in [0.15, 0.2) is 53.9 Å². The van der Waals surface area contributed by atoms with Crippen LogP contribution >= 0.6 is 0 Å². The number of benzene rings is 2. The number of nitrogens with zero attached hydrogens (tertiary/aromatic N) is 2. The average Bonchev–Trinajstić information content (AvgIpc) is 2.74. The monoisotopic (exact) mass is 388 g/mol. The van der Waals surface area contributed by atoms with E-state index in [4.69, 9.17) is 27.4 Å². The number of hydrogen-bond acceptors (Lipinski definition) is 3. The van der Waals surface area contributed by atoms with Gasteiger partial charge in [0.05, 0.1) is 33.0 Å². The first-order valence-corrected chi connectivity index (χ1v) is 9.46. The molecule has 0 fully saturated rings. The third-order valence-corrected chi connectivity index (χ3v) is 3.87. The molecule has 29 heavy (non-hydrogen) atoms. The molecule has 0 unspecified atom stereocenters. The lowest BCUT2D eigenvalue weighted by molar-refractivity contribution is 0.287. The molecule has 0 aliphatic carbocycles. The lowest BCUT2D eigenvalue weighted by Gasteiger charge is -2.11. The minimum Gasteiger partial charge on any atom is -0.494 e. The fourth-order valence-corrected chi connectivity index (χ4v) is 2.63. The molecule has 0 amide bonds. The van der Waals surface area contributed by atoms with E-state index in [1.807, 2.05) is 63.2 Å². The lowest BCUT2D eigenvalue weighted by atomic mass is 10.1. The zero-order chi connectivity index (χ0) is 21.1. The molecule has 2 aromatic carbocycles. The maximum absolute atomic E-state index is 7.54. The SMILES string of the molecule is [C-]#[N+]C(=C\c1ccc(OCC)cc1)/C(=C/c1ccc(OCC)c(OCC)c1)[N+]#[C-]. The van der Waals surface area contributed by atoms with E-state index in [9.17, 15) is 0 Å². The minimum atomic E-state index is 0.264. The summed E-state index contributed by atoms with van der Waals surface area (Å²) in [5.41, 5.74) is 2.14. The van der Waals surface area contributed by atoms with Crippen molar-refractivity contribution in [1.82, 2.24) is 0 Å². The van der Waals surface area contributed by atoms with Gasteiger partial charge in [0.1, 0.15) is 5.75 Å². The summed E-state index contributed by atoms with van der Waals surface area (Å²) >= 11 is 0. The summed E-state index contributed by atoms with van der Waals surface area (Å²) in [4.78, 5) is 7.12. The lowest BCUT2D eigenvalue weighted by Crippen LogP contribution is -1.98. The Bertz CT molecular complexity index is 961. The first kappa shape index (κ1) is 21.6. The molecule has 0 bridgehead atoms. The van der Waals surface area contributed by atoms with Crippen molar-refractivity contribution in [3.63, 3.8) is 0 Å². The second-order valence-electron chi connectivity index (χ2n) is 5.86. The summed E-state index contributed by atoms with van der Waals surface area (Å²) in [5, 5.41) is 0. The summed E-state index contributed by atoms with van der Waals surface area (Å²) in [6, 6.07) is 12.9. The van der Waals surface area contributed by atoms with Crippen LogP contribution in [0, 0.1) is 13.1 Å². The van der Waals surface area contributed by atoms with E-state index in [1.54, 1.807) is 12.2 Å². The molecule has 0 saturated heterocycles. The van der Waals surface area contributed by atoms with Crippen molar-refractivity contribution in [1.29, 1.82) is 0 Å². The molecule has 0 N–H and O–H groups in total. The molecule has 5 nitrogen and oxygen atoms in total. The second kappa shape index (κ2) is 11.2. The Morgan fingerprint density at radius 3 is 1.79 bits per heavy atom. The van der Waals surface area contributed by atoms with E-state index in [2.05, 4.69) is 9.69 Å². The van der Waals surface area contributed by atoms with Gasteiger partial charge in [-0.25, -0.2) is 0 Å². The van der Waals surface area contributed by atoms with Crippen LogP contribution in [0.25, 0.3) is 21.8 Å². The second-order valence-corrected chi connectivity index (χ2v) is 5.86. The fraction of sp³-hybridized carbons (Fsp3) is 0.250. The van der Waals surface area contributed by atoms with Gasteiger partial charge in [0.2, 0.25) is 0 Å². The van der Waals surface area contributed by atoms with Gasteiger partial charge in [0.15, 0.2) is 22.9 Å². The predicted molar refractivity (Wildman–Crippen MR) is 116 cm³/mol. The molecule has 0 atom stereocenters. The van der Waals surface area contributed by atoms with E-state index in [1.165, 1.54) is 0 Å². The summed E-state index contributed by atoms with van der Waals surface area (Å²) in [5.74, 6) is 2.05. The van der Waals surface area contributed by atoms with Crippen LogP contribution in [0.2, 0.25) is 0 Å². The number of hydrogen-bond donors (Lipinski definition) is 0. The Labute approximate surface area is 172 Å². The van der Waals surface area contributed by atoms with E-state index < -0.39 is 0 Å². The average molecular weight is 388 g/mol. The highest BCUT2D eigenvalue weighted by molar-refractivity contribution is 5.70. The molecular weight excluding hydrogens is 364 g/mol. The molecule has 0 spiro atoms. The normalized spacial score (nSPS) is 11.3. The van der Waals surface area contributed by atoms with Crippen molar-refractivity contribution in [3.8, 4) is 17.2 Å². The third kappa shape index (κ3) is 6.16.